The van der Waals surface area contributed by atoms with Gasteiger partial charge in [0.05, 0.1) is 5.60 Å². The number of likely N-dealkylation sites (tertiary alicyclic amines) is 1. The predicted octanol–water partition coefficient (Wildman–Crippen LogP) is 4.31. The van der Waals surface area contributed by atoms with E-state index in [-0.39, 0.29) is 0 Å². The molecule has 21 heavy (non-hydrogen) atoms. The molecular weight excluding hydrogens is 326 g/mol. The van der Waals surface area contributed by atoms with Crippen molar-refractivity contribution in [1.29, 1.82) is 0 Å². The van der Waals surface area contributed by atoms with E-state index in [1.807, 2.05) is 12.1 Å². The van der Waals surface area contributed by atoms with Gasteiger partial charge >= 0.3 is 0 Å². The first-order chi connectivity index (χ1) is 10.1. The molecule has 0 unspecified atom stereocenters. The van der Waals surface area contributed by atoms with E-state index in [9.17, 15) is 5.11 Å². The summed E-state index contributed by atoms with van der Waals surface area (Å²) < 4.78 is 1.07. The molecule has 0 aromatic heterocycles. The number of hydrogen-bond donors (Lipinski definition) is 1. The molecule has 2 aliphatic rings. The van der Waals surface area contributed by atoms with Crippen molar-refractivity contribution in [3.63, 3.8) is 0 Å². The number of benzene rings is 1. The second-order valence-electron chi connectivity index (χ2n) is 6.99. The van der Waals surface area contributed by atoms with Crippen LogP contribution in [0, 0.1) is 5.92 Å². The van der Waals surface area contributed by atoms with Gasteiger partial charge in [-0.05, 0) is 62.1 Å². The topological polar surface area (TPSA) is 23.5 Å². The maximum Gasteiger partial charge on any atom is 0.0920 e. The van der Waals surface area contributed by atoms with E-state index >= 15 is 0 Å². The van der Waals surface area contributed by atoms with Gasteiger partial charge < -0.3 is 10.0 Å². The average molecular weight is 352 g/mol. The van der Waals surface area contributed by atoms with E-state index in [2.05, 4.69) is 39.9 Å². The summed E-state index contributed by atoms with van der Waals surface area (Å²) in [5, 5.41) is 10.9. The van der Waals surface area contributed by atoms with Crippen molar-refractivity contribution < 1.29 is 5.11 Å². The lowest BCUT2D eigenvalue weighted by molar-refractivity contribution is -0.0404. The summed E-state index contributed by atoms with van der Waals surface area (Å²) in [7, 11) is 0. The fraction of sp³-hybridized carbons (Fsp3) is 0.667. The minimum absolute atomic E-state index is 0.626. The number of aliphatic hydroxyl groups is 1. The molecule has 1 heterocycles. The highest BCUT2D eigenvalue weighted by Crippen LogP contribution is 2.36. The Hall–Kier alpha value is -0.380. The van der Waals surface area contributed by atoms with Crippen LogP contribution < -0.4 is 0 Å². The Kier molecular flexibility index (Phi) is 4.72. The van der Waals surface area contributed by atoms with Crippen LogP contribution in [0.4, 0.5) is 0 Å². The molecule has 0 amide bonds. The highest BCUT2D eigenvalue weighted by Gasteiger charge is 2.36. The summed E-state index contributed by atoms with van der Waals surface area (Å²) in [6.07, 6.45) is 7.16. The highest BCUT2D eigenvalue weighted by atomic mass is 79.9. The predicted molar refractivity (Wildman–Crippen MR) is 90.3 cm³/mol. The molecule has 1 aromatic carbocycles. The molecular formula is C18H26BrNO. The van der Waals surface area contributed by atoms with Crippen molar-refractivity contribution in [2.24, 2.45) is 5.92 Å². The van der Waals surface area contributed by atoms with Crippen molar-refractivity contribution >= 4 is 15.9 Å². The van der Waals surface area contributed by atoms with Gasteiger partial charge in [-0.2, -0.15) is 0 Å². The number of halogens is 1. The van der Waals surface area contributed by atoms with Crippen molar-refractivity contribution in [2.75, 3.05) is 13.1 Å². The Bertz CT molecular complexity index is 457. The van der Waals surface area contributed by atoms with Crippen molar-refractivity contribution in [3.05, 3.63) is 34.3 Å². The second-order valence-corrected chi connectivity index (χ2v) is 7.90. The van der Waals surface area contributed by atoms with Crippen molar-refractivity contribution in [1.82, 2.24) is 4.90 Å². The Morgan fingerprint density at radius 2 is 1.62 bits per heavy atom. The lowest BCUT2D eigenvalue weighted by atomic mass is 9.81. The van der Waals surface area contributed by atoms with Crippen molar-refractivity contribution in [2.45, 2.75) is 57.1 Å². The number of nitrogens with zero attached hydrogens (tertiary/aromatic N) is 1. The molecule has 1 aromatic rings. The van der Waals surface area contributed by atoms with Crippen LogP contribution in [0.5, 0.6) is 0 Å². The summed E-state index contributed by atoms with van der Waals surface area (Å²) in [6, 6.07) is 8.93. The third-order valence-corrected chi connectivity index (χ3v) is 6.04. The molecule has 3 heteroatoms. The summed E-state index contributed by atoms with van der Waals surface area (Å²) in [5.74, 6) is 0.908. The van der Waals surface area contributed by atoms with Gasteiger partial charge in [0.2, 0.25) is 0 Å². The first-order valence-corrected chi connectivity index (χ1v) is 9.09. The van der Waals surface area contributed by atoms with Crippen LogP contribution in [0.3, 0.4) is 0 Å². The van der Waals surface area contributed by atoms with E-state index in [4.69, 9.17) is 0 Å². The van der Waals surface area contributed by atoms with Crippen LogP contribution >= 0.6 is 15.9 Å². The lowest BCUT2D eigenvalue weighted by Gasteiger charge is -2.43. The van der Waals surface area contributed by atoms with Crippen LogP contribution in [-0.4, -0.2) is 29.1 Å². The van der Waals surface area contributed by atoms with Crippen LogP contribution in [-0.2, 0) is 5.60 Å². The van der Waals surface area contributed by atoms with Gasteiger partial charge in [-0.15, -0.1) is 0 Å². The van der Waals surface area contributed by atoms with E-state index in [0.717, 1.165) is 47.9 Å². The third kappa shape index (κ3) is 3.52. The monoisotopic (exact) mass is 351 g/mol. The number of rotatable bonds is 2. The first-order valence-electron chi connectivity index (χ1n) is 8.29. The first kappa shape index (κ1) is 15.5. The quantitative estimate of drug-likeness (QED) is 0.857. The van der Waals surface area contributed by atoms with Gasteiger partial charge in [0.1, 0.15) is 0 Å². The van der Waals surface area contributed by atoms with Crippen LogP contribution in [0.15, 0.2) is 28.7 Å². The maximum atomic E-state index is 10.9. The Morgan fingerprint density at radius 1 is 1.05 bits per heavy atom. The van der Waals surface area contributed by atoms with E-state index in [1.165, 1.54) is 25.7 Å². The molecule has 1 saturated carbocycles. The molecule has 1 aliphatic carbocycles. The van der Waals surface area contributed by atoms with E-state index in [1.54, 1.807) is 0 Å². The summed E-state index contributed by atoms with van der Waals surface area (Å²) in [4.78, 5) is 2.62. The van der Waals surface area contributed by atoms with Crippen LogP contribution in [0.25, 0.3) is 0 Å². The normalized spacial score (nSPS) is 30.2. The highest BCUT2D eigenvalue weighted by molar-refractivity contribution is 9.10. The minimum Gasteiger partial charge on any atom is -0.385 e. The third-order valence-electron chi connectivity index (χ3n) is 5.51. The molecule has 2 fully saturated rings. The largest absolute Gasteiger partial charge is 0.385 e. The van der Waals surface area contributed by atoms with Crippen molar-refractivity contribution in [3.8, 4) is 0 Å². The summed E-state index contributed by atoms with van der Waals surface area (Å²) in [5.41, 5.74) is 0.446. The molecule has 1 N–H and O–H groups in total. The fourth-order valence-electron chi connectivity index (χ4n) is 3.92. The molecule has 3 rings (SSSR count). The zero-order valence-corrected chi connectivity index (χ0v) is 14.5. The van der Waals surface area contributed by atoms with Gasteiger partial charge in [0.15, 0.2) is 0 Å². The zero-order valence-electron chi connectivity index (χ0n) is 12.9. The van der Waals surface area contributed by atoms with E-state index < -0.39 is 5.60 Å². The minimum atomic E-state index is -0.626. The van der Waals surface area contributed by atoms with Crippen LogP contribution in [0.2, 0.25) is 0 Å². The molecule has 0 atom stereocenters. The standard InChI is InChI=1S/C18H26BrNO/c1-14-2-8-17(9-3-14)20-12-10-18(21,11-13-20)15-4-6-16(19)7-5-15/h4-7,14,17,21H,2-3,8-13H2,1H3. The number of piperidine rings is 1. The number of hydrogen-bond acceptors (Lipinski definition) is 2. The van der Waals surface area contributed by atoms with Gasteiger partial charge in [0.25, 0.3) is 0 Å². The Morgan fingerprint density at radius 3 is 2.19 bits per heavy atom. The summed E-state index contributed by atoms with van der Waals surface area (Å²) in [6.45, 7) is 4.44. The Labute approximate surface area is 136 Å². The molecule has 1 saturated heterocycles. The molecule has 116 valence electrons. The van der Waals surface area contributed by atoms with Gasteiger partial charge in [-0.25, -0.2) is 0 Å². The molecule has 2 nitrogen and oxygen atoms in total. The second kappa shape index (κ2) is 6.39. The Balaban J connectivity index is 1.60. The molecule has 0 spiro atoms. The van der Waals surface area contributed by atoms with Gasteiger partial charge in [-0.1, -0.05) is 35.0 Å². The average Bonchev–Trinajstić information content (AvgIpc) is 2.50. The molecule has 0 bridgehead atoms. The molecule has 1 aliphatic heterocycles. The molecule has 0 radical (unpaired) electrons. The van der Waals surface area contributed by atoms with E-state index in [0.29, 0.717) is 0 Å². The van der Waals surface area contributed by atoms with Crippen LogP contribution in [0.1, 0.15) is 51.0 Å². The lowest BCUT2D eigenvalue weighted by Crippen LogP contribution is -2.47. The van der Waals surface area contributed by atoms with Gasteiger partial charge in [0, 0.05) is 23.6 Å². The SMILES string of the molecule is CC1CCC(N2CCC(O)(c3ccc(Br)cc3)CC2)CC1. The van der Waals surface area contributed by atoms with Gasteiger partial charge in [-0.3, -0.25) is 0 Å². The maximum absolute atomic E-state index is 10.9. The zero-order chi connectivity index (χ0) is 14.9. The fourth-order valence-corrected chi connectivity index (χ4v) is 4.18. The summed E-state index contributed by atoms with van der Waals surface area (Å²) >= 11 is 3.46. The smallest absolute Gasteiger partial charge is 0.0920 e.